The molecule has 1 atom stereocenters. The Labute approximate surface area is 153 Å². The molecule has 26 heavy (non-hydrogen) atoms. The van der Waals surface area contributed by atoms with E-state index in [1.807, 2.05) is 0 Å². The van der Waals surface area contributed by atoms with Crippen LogP contribution in [0.25, 0.3) is 0 Å². The number of rotatable bonds is 5. The molecule has 1 unspecified atom stereocenters. The Morgan fingerprint density at radius 2 is 2.12 bits per heavy atom. The molecule has 0 aliphatic carbocycles. The van der Waals surface area contributed by atoms with Crippen molar-refractivity contribution in [2.75, 3.05) is 19.6 Å². The van der Waals surface area contributed by atoms with Crippen LogP contribution in [0.2, 0.25) is 5.02 Å². The molecule has 1 N–H and O–H groups in total. The number of benzene rings is 1. The van der Waals surface area contributed by atoms with Gasteiger partial charge in [0, 0.05) is 32.5 Å². The smallest absolute Gasteiger partial charge is 0.255 e. The second-order valence-electron chi connectivity index (χ2n) is 6.12. The van der Waals surface area contributed by atoms with Crippen molar-refractivity contribution in [2.24, 2.45) is 0 Å². The summed E-state index contributed by atoms with van der Waals surface area (Å²) in [6.45, 7) is 0.341. The largest absolute Gasteiger partial charge is 0.447 e. The fourth-order valence-corrected chi connectivity index (χ4v) is 3.20. The molecule has 1 amide bonds. The zero-order chi connectivity index (χ0) is 18.7. The van der Waals surface area contributed by atoms with Gasteiger partial charge in [-0.25, -0.2) is 18.2 Å². The van der Waals surface area contributed by atoms with E-state index in [0.29, 0.717) is 5.76 Å². The first-order valence-electron chi connectivity index (χ1n) is 8.10. The summed E-state index contributed by atoms with van der Waals surface area (Å²) < 4.78 is 46.0. The van der Waals surface area contributed by atoms with E-state index in [1.165, 1.54) is 24.7 Å². The fourth-order valence-electron chi connectivity index (χ4n) is 2.96. The highest BCUT2D eigenvalue weighted by molar-refractivity contribution is 6.33. The van der Waals surface area contributed by atoms with E-state index in [4.69, 9.17) is 16.0 Å². The maximum atomic E-state index is 13.9. The van der Waals surface area contributed by atoms with Crippen LogP contribution < -0.4 is 5.32 Å². The highest BCUT2D eigenvalue weighted by Gasteiger charge is 2.37. The van der Waals surface area contributed by atoms with Crippen molar-refractivity contribution in [3.63, 3.8) is 0 Å². The Kier molecular flexibility index (Phi) is 5.52. The Bertz CT molecular complexity index is 740. The second kappa shape index (κ2) is 7.67. The van der Waals surface area contributed by atoms with Gasteiger partial charge in [0.25, 0.3) is 11.8 Å². The van der Waals surface area contributed by atoms with Crippen LogP contribution in [0, 0.1) is 5.82 Å². The first kappa shape index (κ1) is 18.7. The van der Waals surface area contributed by atoms with E-state index in [0.717, 1.165) is 6.07 Å². The van der Waals surface area contributed by atoms with Gasteiger partial charge >= 0.3 is 0 Å². The molecular weight excluding hydrogens is 371 g/mol. The van der Waals surface area contributed by atoms with Gasteiger partial charge in [0.2, 0.25) is 0 Å². The molecule has 1 fully saturated rings. The molecule has 1 aliphatic heterocycles. The molecule has 0 bridgehead atoms. The number of likely N-dealkylation sites (tertiary alicyclic amines) is 1. The summed E-state index contributed by atoms with van der Waals surface area (Å²) in [4.78, 5) is 18.0. The highest BCUT2D eigenvalue weighted by Crippen LogP contribution is 2.32. The molecule has 1 aromatic heterocycles. The van der Waals surface area contributed by atoms with E-state index in [9.17, 15) is 18.0 Å². The number of nitrogens with one attached hydrogen (secondary N) is 1. The monoisotopic (exact) mass is 387 g/mol. The lowest BCUT2D eigenvalue weighted by atomic mass is 10.0. The van der Waals surface area contributed by atoms with Crippen molar-refractivity contribution in [3.05, 3.63) is 53.0 Å². The van der Waals surface area contributed by atoms with Crippen LogP contribution in [0.5, 0.6) is 0 Å². The van der Waals surface area contributed by atoms with Crippen molar-refractivity contribution in [1.82, 2.24) is 15.2 Å². The van der Waals surface area contributed by atoms with Crippen molar-refractivity contribution in [3.8, 4) is 0 Å². The van der Waals surface area contributed by atoms with Crippen molar-refractivity contribution < 1.29 is 22.4 Å². The van der Waals surface area contributed by atoms with Crippen molar-refractivity contribution in [2.45, 2.75) is 24.8 Å². The first-order valence-corrected chi connectivity index (χ1v) is 8.48. The van der Waals surface area contributed by atoms with Crippen LogP contribution in [0.4, 0.5) is 13.2 Å². The standard InChI is InChI=1S/C17H17ClF3N3O2/c18-11-2-1-3-12(19)15(11)16(25)23-8-13(14-9-22-10-26-14)24-6-4-17(20,21)5-7-24/h1-3,9-10,13H,4-8H2,(H,23,25). The molecule has 0 spiro atoms. The van der Waals surface area contributed by atoms with Crippen LogP contribution >= 0.6 is 11.6 Å². The minimum absolute atomic E-state index is 0.00340. The van der Waals surface area contributed by atoms with E-state index < -0.39 is 23.7 Å². The molecule has 5 nitrogen and oxygen atoms in total. The molecule has 140 valence electrons. The summed E-state index contributed by atoms with van der Waals surface area (Å²) in [5, 5.41) is 2.60. The van der Waals surface area contributed by atoms with Gasteiger partial charge in [0.05, 0.1) is 22.8 Å². The van der Waals surface area contributed by atoms with E-state index >= 15 is 0 Å². The predicted octanol–water partition coefficient (Wildman–Crippen LogP) is 3.67. The number of oxazole rings is 1. The Hall–Kier alpha value is -2.06. The molecule has 1 saturated heterocycles. The predicted molar refractivity (Wildman–Crippen MR) is 88.7 cm³/mol. The molecule has 3 rings (SSSR count). The summed E-state index contributed by atoms with van der Waals surface area (Å²) in [7, 11) is 0. The number of piperidine rings is 1. The molecular formula is C17H17ClF3N3O2. The number of hydrogen-bond donors (Lipinski definition) is 1. The summed E-state index contributed by atoms with van der Waals surface area (Å²) in [5.74, 6) is -3.66. The number of alkyl halides is 2. The quantitative estimate of drug-likeness (QED) is 0.850. The van der Waals surface area contributed by atoms with Crippen molar-refractivity contribution in [1.29, 1.82) is 0 Å². The molecule has 2 heterocycles. The van der Waals surface area contributed by atoms with Gasteiger partial charge in [-0.05, 0) is 12.1 Å². The molecule has 9 heteroatoms. The van der Waals surface area contributed by atoms with Crippen LogP contribution in [0.3, 0.4) is 0 Å². The second-order valence-corrected chi connectivity index (χ2v) is 6.53. The third-order valence-electron chi connectivity index (χ3n) is 4.40. The number of nitrogens with zero attached hydrogens (tertiary/aromatic N) is 2. The first-order chi connectivity index (χ1) is 12.4. The van der Waals surface area contributed by atoms with Crippen LogP contribution in [0.15, 0.2) is 35.2 Å². The van der Waals surface area contributed by atoms with Crippen LogP contribution in [-0.2, 0) is 0 Å². The van der Waals surface area contributed by atoms with E-state index in [2.05, 4.69) is 10.3 Å². The van der Waals surface area contributed by atoms with Crippen LogP contribution in [-0.4, -0.2) is 41.3 Å². The number of carbonyl (C=O) groups excluding carboxylic acids is 1. The molecule has 0 saturated carbocycles. The zero-order valence-electron chi connectivity index (χ0n) is 13.7. The summed E-state index contributed by atoms with van der Waals surface area (Å²) in [5.41, 5.74) is -0.254. The topological polar surface area (TPSA) is 58.4 Å². The van der Waals surface area contributed by atoms with Gasteiger partial charge in [0.1, 0.15) is 11.6 Å². The lowest BCUT2D eigenvalue weighted by Gasteiger charge is -2.36. The average Bonchev–Trinajstić information content (AvgIpc) is 3.10. The Balaban J connectivity index is 1.72. The SMILES string of the molecule is O=C(NCC(c1cnco1)N1CCC(F)(F)CC1)c1c(F)cccc1Cl. The van der Waals surface area contributed by atoms with Gasteiger partial charge in [-0.15, -0.1) is 0 Å². The minimum Gasteiger partial charge on any atom is -0.447 e. The average molecular weight is 388 g/mol. The Morgan fingerprint density at radius 3 is 2.73 bits per heavy atom. The zero-order valence-corrected chi connectivity index (χ0v) is 14.5. The fraction of sp³-hybridized carbons (Fsp3) is 0.412. The maximum Gasteiger partial charge on any atom is 0.255 e. The maximum absolute atomic E-state index is 13.9. The van der Waals surface area contributed by atoms with Gasteiger partial charge in [-0.3, -0.25) is 9.69 Å². The summed E-state index contributed by atoms with van der Waals surface area (Å²) >= 11 is 5.90. The number of hydrogen-bond acceptors (Lipinski definition) is 4. The normalized spacial score (nSPS) is 18.5. The number of aromatic nitrogens is 1. The summed E-state index contributed by atoms with van der Waals surface area (Å²) in [6, 6.07) is 3.48. The lowest BCUT2D eigenvalue weighted by molar-refractivity contribution is -0.0647. The molecule has 0 radical (unpaired) electrons. The van der Waals surface area contributed by atoms with Gasteiger partial charge in [0.15, 0.2) is 6.39 Å². The van der Waals surface area contributed by atoms with Gasteiger partial charge in [-0.1, -0.05) is 17.7 Å². The third-order valence-corrected chi connectivity index (χ3v) is 4.71. The molecule has 2 aromatic rings. The van der Waals surface area contributed by atoms with E-state index in [1.54, 1.807) is 4.90 Å². The van der Waals surface area contributed by atoms with Gasteiger partial charge in [-0.2, -0.15) is 0 Å². The third kappa shape index (κ3) is 4.19. The number of amides is 1. The molecule has 1 aliphatic rings. The van der Waals surface area contributed by atoms with E-state index in [-0.39, 0.29) is 43.1 Å². The highest BCUT2D eigenvalue weighted by atomic mass is 35.5. The van der Waals surface area contributed by atoms with Gasteiger partial charge < -0.3 is 9.73 Å². The van der Waals surface area contributed by atoms with Crippen molar-refractivity contribution >= 4 is 17.5 Å². The number of carbonyl (C=O) groups is 1. The Morgan fingerprint density at radius 1 is 1.38 bits per heavy atom. The van der Waals surface area contributed by atoms with Crippen LogP contribution in [0.1, 0.15) is 35.0 Å². The summed E-state index contributed by atoms with van der Waals surface area (Å²) in [6.07, 6.45) is 2.16. The lowest BCUT2D eigenvalue weighted by Crippen LogP contribution is -2.45. The molecule has 1 aromatic carbocycles. The minimum atomic E-state index is -2.69. The number of halogens is 4.